The molecule has 8 nitrogen and oxygen atoms in total. The highest BCUT2D eigenvalue weighted by atomic mass is 32.2. The van der Waals surface area contributed by atoms with Gasteiger partial charge in [-0.2, -0.15) is 4.98 Å². The van der Waals surface area contributed by atoms with Gasteiger partial charge in [-0.05, 0) is 51.0 Å². The number of carbonyl (C=O) groups is 1. The second-order valence-corrected chi connectivity index (χ2v) is 9.75. The molecular weight excluding hydrogens is 356 g/mol. The summed E-state index contributed by atoms with van der Waals surface area (Å²) in [6, 6.07) is 6.31. The van der Waals surface area contributed by atoms with Crippen molar-refractivity contribution in [2.24, 2.45) is 0 Å². The van der Waals surface area contributed by atoms with Crippen LogP contribution < -0.4 is 5.32 Å². The van der Waals surface area contributed by atoms with E-state index in [0.717, 1.165) is 12.8 Å². The summed E-state index contributed by atoms with van der Waals surface area (Å²) in [5.74, 6) is -0.120. The molecule has 140 valence electrons. The van der Waals surface area contributed by atoms with Gasteiger partial charge in [0.1, 0.15) is 10.5 Å². The van der Waals surface area contributed by atoms with Crippen molar-refractivity contribution in [1.82, 2.24) is 15.2 Å². The molecule has 2 aromatic rings. The lowest BCUT2D eigenvalue weighted by Crippen LogP contribution is -2.48. The van der Waals surface area contributed by atoms with Crippen molar-refractivity contribution in [3.63, 3.8) is 0 Å². The molecule has 0 atom stereocenters. The molecule has 1 aliphatic carbocycles. The number of rotatable bonds is 5. The van der Waals surface area contributed by atoms with Gasteiger partial charge in [0, 0.05) is 5.56 Å². The van der Waals surface area contributed by atoms with Crippen LogP contribution in [-0.2, 0) is 14.6 Å². The number of phenols is 1. The maximum atomic E-state index is 12.8. The van der Waals surface area contributed by atoms with E-state index in [0.29, 0.717) is 24.2 Å². The van der Waals surface area contributed by atoms with Crippen molar-refractivity contribution in [1.29, 1.82) is 0 Å². The second-order valence-electron chi connectivity index (χ2n) is 6.97. The van der Waals surface area contributed by atoms with Crippen LogP contribution in [0.1, 0.15) is 39.5 Å². The molecule has 1 amide bonds. The predicted molar refractivity (Wildman–Crippen MR) is 97.4 cm³/mol. The molecule has 0 bridgehead atoms. The fraction of sp³-hybridized carbons (Fsp3) is 0.471. The SMILES string of the molecule is CC(C)(C(=O)Nc1n[nH]c(-c2ccc(O)cc2)n1)S(=O)(=O)C1CCCC1. The molecule has 1 aliphatic rings. The van der Waals surface area contributed by atoms with Gasteiger partial charge in [0.2, 0.25) is 11.9 Å². The van der Waals surface area contributed by atoms with Gasteiger partial charge in [-0.25, -0.2) is 8.42 Å². The van der Waals surface area contributed by atoms with Crippen LogP contribution in [0, 0.1) is 0 Å². The van der Waals surface area contributed by atoms with Crippen molar-refractivity contribution < 1.29 is 18.3 Å². The Kier molecular flexibility index (Phi) is 4.74. The summed E-state index contributed by atoms with van der Waals surface area (Å²) in [7, 11) is -3.61. The average molecular weight is 378 g/mol. The van der Waals surface area contributed by atoms with Crippen molar-refractivity contribution in [3.8, 4) is 17.1 Å². The van der Waals surface area contributed by atoms with E-state index in [1.807, 2.05) is 0 Å². The van der Waals surface area contributed by atoms with Crippen molar-refractivity contribution in [3.05, 3.63) is 24.3 Å². The number of amides is 1. The van der Waals surface area contributed by atoms with Crippen LogP contribution >= 0.6 is 0 Å². The Hall–Kier alpha value is -2.42. The molecule has 1 saturated carbocycles. The van der Waals surface area contributed by atoms with Gasteiger partial charge >= 0.3 is 0 Å². The molecule has 9 heteroatoms. The summed E-state index contributed by atoms with van der Waals surface area (Å²) in [6.07, 6.45) is 2.95. The summed E-state index contributed by atoms with van der Waals surface area (Å²) in [5, 5.41) is 18.0. The van der Waals surface area contributed by atoms with Crippen LogP contribution in [0.4, 0.5) is 5.95 Å². The van der Waals surface area contributed by atoms with E-state index in [-0.39, 0.29) is 11.7 Å². The first-order chi connectivity index (χ1) is 12.2. The zero-order chi connectivity index (χ0) is 18.9. The van der Waals surface area contributed by atoms with Crippen LogP contribution in [0.15, 0.2) is 24.3 Å². The average Bonchev–Trinajstić information content (AvgIpc) is 3.27. The molecule has 0 aliphatic heterocycles. The number of nitrogens with one attached hydrogen (secondary N) is 2. The third kappa shape index (κ3) is 3.31. The number of nitrogens with zero attached hydrogens (tertiary/aromatic N) is 2. The molecule has 3 rings (SSSR count). The first-order valence-corrected chi connectivity index (χ1v) is 10.0. The molecular formula is C17H22N4O4S. The number of carbonyl (C=O) groups excluding carboxylic acids is 1. The lowest BCUT2D eigenvalue weighted by molar-refractivity contribution is -0.117. The first-order valence-electron chi connectivity index (χ1n) is 8.48. The number of aromatic amines is 1. The number of hydrogen-bond acceptors (Lipinski definition) is 6. The Morgan fingerprint density at radius 1 is 1.23 bits per heavy atom. The summed E-state index contributed by atoms with van der Waals surface area (Å²) < 4.78 is 24.1. The van der Waals surface area contributed by atoms with E-state index in [2.05, 4.69) is 20.5 Å². The highest BCUT2D eigenvalue weighted by Crippen LogP contribution is 2.33. The number of benzene rings is 1. The van der Waals surface area contributed by atoms with E-state index in [4.69, 9.17) is 0 Å². The minimum atomic E-state index is -3.61. The van der Waals surface area contributed by atoms with Crippen LogP contribution in [0.2, 0.25) is 0 Å². The molecule has 0 unspecified atom stereocenters. The summed E-state index contributed by atoms with van der Waals surface area (Å²) in [5.41, 5.74) is 0.675. The minimum absolute atomic E-state index is 0.00720. The Bertz CT molecular complexity index is 897. The molecule has 1 heterocycles. The standard InChI is InChI=1S/C17H22N4O4S/c1-17(2,26(24,25)13-5-3-4-6-13)15(23)19-16-18-14(20-21-16)11-7-9-12(22)10-8-11/h7-10,13,22H,3-6H2,1-2H3,(H2,18,19,20,21,23). The number of phenolic OH excluding ortho intramolecular Hbond substituents is 1. The number of anilines is 1. The van der Waals surface area contributed by atoms with Gasteiger partial charge in [0.05, 0.1) is 5.25 Å². The van der Waals surface area contributed by atoms with Crippen molar-refractivity contribution in [2.45, 2.75) is 49.5 Å². The third-order valence-electron chi connectivity index (χ3n) is 4.85. The minimum Gasteiger partial charge on any atom is -0.508 e. The van der Waals surface area contributed by atoms with E-state index in [1.165, 1.54) is 26.0 Å². The highest BCUT2D eigenvalue weighted by Gasteiger charge is 2.47. The maximum absolute atomic E-state index is 12.8. The molecule has 3 N–H and O–H groups in total. The summed E-state index contributed by atoms with van der Waals surface area (Å²) in [4.78, 5) is 16.8. The Morgan fingerprint density at radius 3 is 2.46 bits per heavy atom. The maximum Gasteiger partial charge on any atom is 0.249 e. The largest absolute Gasteiger partial charge is 0.508 e. The Balaban J connectivity index is 1.76. The number of H-pyrrole nitrogens is 1. The van der Waals surface area contributed by atoms with Gasteiger partial charge in [0.15, 0.2) is 15.7 Å². The molecule has 0 saturated heterocycles. The van der Waals surface area contributed by atoms with Gasteiger partial charge in [-0.1, -0.05) is 12.8 Å². The van der Waals surface area contributed by atoms with Gasteiger partial charge < -0.3 is 5.11 Å². The van der Waals surface area contributed by atoms with Gasteiger partial charge in [-0.15, -0.1) is 5.10 Å². The molecule has 1 aromatic heterocycles. The van der Waals surface area contributed by atoms with Crippen LogP contribution in [0.5, 0.6) is 5.75 Å². The lowest BCUT2D eigenvalue weighted by atomic mass is 10.2. The van der Waals surface area contributed by atoms with E-state index < -0.39 is 25.7 Å². The number of aromatic hydroxyl groups is 1. The predicted octanol–water partition coefficient (Wildman–Crippen LogP) is 2.25. The third-order valence-corrected chi connectivity index (χ3v) is 7.81. The lowest BCUT2D eigenvalue weighted by Gasteiger charge is -2.26. The van der Waals surface area contributed by atoms with Crippen LogP contribution in [-0.4, -0.2) is 44.6 Å². The quantitative estimate of drug-likeness (QED) is 0.733. The topological polar surface area (TPSA) is 125 Å². The summed E-state index contributed by atoms with van der Waals surface area (Å²) in [6.45, 7) is 2.84. The monoisotopic (exact) mass is 378 g/mol. The van der Waals surface area contributed by atoms with Gasteiger partial charge in [0.25, 0.3) is 0 Å². The van der Waals surface area contributed by atoms with Crippen molar-refractivity contribution in [2.75, 3.05) is 5.32 Å². The fourth-order valence-corrected chi connectivity index (χ4v) is 5.16. The van der Waals surface area contributed by atoms with E-state index >= 15 is 0 Å². The highest BCUT2D eigenvalue weighted by molar-refractivity contribution is 7.94. The number of hydrogen-bond donors (Lipinski definition) is 3. The fourth-order valence-electron chi connectivity index (χ4n) is 3.06. The van der Waals surface area contributed by atoms with Gasteiger partial charge in [-0.3, -0.25) is 15.2 Å². The number of sulfone groups is 1. The second kappa shape index (κ2) is 6.71. The number of aromatic nitrogens is 3. The zero-order valence-electron chi connectivity index (χ0n) is 14.7. The Morgan fingerprint density at radius 2 is 1.85 bits per heavy atom. The zero-order valence-corrected chi connectivity index (χ0v) is 15.5. The summed E-state index contributed by atoms with van der Waals surface area (Å²) >= 11 is 0. The molecule has 0 radical (unpaired) electrons. The molecule has 1 fully saturated rings. The molecule has 1 aromatic carbocycles. The van der Waals surface area contributed by atoms with Crippen LogP contribution in [0.3, 0.4) is 0 Å². The van der Waals surface area contributed by atoms with Crippen LogP contribution in [0.25, 0.3) is 11.4 Å². The first kappa shape index (κ1) is 18.4. The molecule has 26 heavy (non-hydrogen) atoms. The van der Waals surface area contributed by atoms with Crippen molar-refractivity contribution >= 4 is 21.7 Å². The normalized spacial score (nSPS) is 15.9. The van der Waals surface area contributed by atoms with E-state index in [1.54, 1.807) is 12.1 Å². The van der Waals surface area contributed by atoms with E-state index in [9.17, 15) is 18.3 Å². The Labute approximate surface area is 152 Å². The molecule has 0 spiro atoms. The smallest absolute Gasteiger partial charge is 0.249 e.